The number of nitrogens with one attached hydrogen (secondary N) is 3. The molecule has 0 spiro atoms. The molecule has 26 heavy (non-hydrogen) atoms. The first-order valence-electron chi connectivity index (χ1n) is 8.32. The fourth-order valence-corrected chi connectivity index (χ4v) is 2.86. The summed E-state index contributed by atoms with van der Waals surface area (Å²) in [5.74, 6) is -0.290. The Hall–Kier alpha value is -2.08. The molecule has 7 heteroatoms. The second-order valence-electron chi connectivity index (χ2n) is 6.05. The highest BCUT2D eigenvalue weighted by Gasteiger charge is 2.13. The molecule has 2 rings (SSSR count). The summed E-state index contributed by atoms with van der Waals surface area (Å²) in [4.78, 5) is 25.1. The van der Waals surface area contributed by atoms with E-state index in [1.54, 1.807) is 36.4 Å². The molecule has 0 radical (unpaired) electrons. The molecular weight excluding hydrogens is 373 g/mol. The molecule has 0 bridgehead atoms. The summed E-state index contributed by atoms with van der Waals surface area (Å²) in [5, 5.41) is 6.58. The average molecular weight is 395 g/mol. The van der Waals surface area contributed by atoms with Gasteiger partial charge in [0, 0.05) is 23.4 Å². The van der Waals surface area contributed by atoms with E-state index in [0.717, 1.165) is 10.5 Å². The van der Waals surface area contributed by atoms with Gasteiger partial charge in [-0.05, 0) is 37.3 Å². The molecule has 2 aromatic rings. The van der Waals surface area contributed by atoms with Crippen LogP contribution in [-0.2, 0) is 11.3 Å². The SMILES string of the molecule is CCNC(=O)c1cccc(NC(=O)C[NH+](C)Cc2ccc(Cl)c(Cl)c2)c1. The van der Waals surface area contributed by atoms with Crippen LogP contribution in [0.2, 0.25) is 10.0 Å². The maximum atomic E-state index is 12.3. The number of carbonyl (C=O) groups is 2. The summed E-state index contributed by atoms with van der Waals surface area (Å²) in [6.45, 7) is 3.34. The lowest BCUT2D eigenvalue weighted by Crippen LogP contribution is -3.08. The second kappa shape index (κ2) is 9.57. The molecule has 0 saturated carbocycles. The Morgan fingerprint density at radius 2 is 1.85 bits per heavy atom. The number of hydrogen-bond donors (Lipinski definition) is 3. The van der Waals surface area contributed by atoms with Gasteiger partial charge in [0.2, 0.25) is 0 Å². The lowest BCUT2D eigenvalue weighted by Gasteiger charge is -2.14. The van der Waals surface area contributed by atoms with Gasteiger partial charge in [0.1, 0.15) is 6.54 Å². The Kier molecular flexibility index (Phi) is 7.45. The highest BCUT2D eigenvalue weighted by atomic mass is 35.5. The van der Waals surface area contributed by atoms with Crippen molar-refractivity contribution in [1.82, 2.24) is 5.32 Å². The van der Waals surface area contributed by atoms with Crippen LogP contribution in [0.5, 0.6) is 0 Å². The predicted octanol–water partition coefficient (Wildman–Crippen LogP) is 2.40. The van der Waals surface area contributed by atoms with Crippen LogP contribution in [0.4, 0.5) is 5.69 Å². The Morgan fingerprint density at radius 1 is 1.08 bits per heavy atom. The lowest BCUT2D eigenvalue weighted by atomic mass is 10.2. The van der Waals surface area contributed by atoms with Gasteiger partial charge in [0.05, 0.1) is 17.1 Å². The van der Waals surface area contributed by atoms with Crippen molar-refractivity contribution in [2.24, 2.45) is 0 Å². The van der Waals surface area contributed by atoms with E-state index in [2.05, 4.69) is 10.6 Å². The van der Waals surface area contributed by atoms with Crippen LogP contribution >= 0.6 is 23.2 Å². The van der Waals surface area contributed by atoms with Crippen molar-refractivity contribution in [2.75, 3.05) is 25.5 Å². The molecule has 138 valence electrons. The monoisotopic (exact) mass is 394 g/mol. The van der Waals surface area contributed by atoms with E-state index in [1.165, 1.54) is 0 Å². The Morgan fingerprint density at radius 3 is 2.54 bits per heavy atom. The van der Waals surface area contributed by atoms with Crippen LogP contribution in [0.15, 0.2) is 42.5 Å². The average Bonchev–Trinajstić information content (AvgIpc) is 2.58. The molecule has 0 heterocycles. The van der Waals surface area contributed by atoms with Crippen molar-refractivity contribution < 1.29 is 14.5 Å². The minimum absolute atomic E-state index is 0.129. The van der Waals surface area contributed by atoms with E-state index < -0.39 is 0 Å². The van der Waals surface area contributed by atoms with Crippen molar-refractivity contribution >= 4 is 40.7 Å². The zero-order chi connectivity index (χ0) is 19.1. The molecule has 3 N–H and O–H groups in total. The number of anilines is 1. The molecule has 0 aliphatic carbocycles. The molecule has 0 aliphatic heterocycles. The van der Waals surface area contributed by atoms with Crippen LogP contribution < -0.4 is 15.5 Å². The van der Waals surface area contributed by atoms with E-state index in [0.29, 0.717) is 34.4 Å². The number of amides is 2. The Bertz CT molecular complexity index is 796. The van der Waals surface area contributed by atoms with E-state index in [1.807, 2.05) is 20.0 Å². The summed E-state index contributed by atoms with van der Waals surface area (Å²) in [6.07, 6.45) is 0. The first kappa shape index (κ1) is 20.2. The molecule has 1 unspecified atom stereocenters. The maximum Gasteiger partial charge on any atom is 0.279 e. The van der Waals surface area contributed by atoms with Crippen molar-refractivity contribution in [2.45, 2.75) is 13.5 Å². The molecule has 0 aromatic heterocycles. The number of hydrogen-bond acceptors (Lipinski definition) is 2. The number of carbonyl (C=O) groups excluding carboxylic acids is 2. The summed E-state index contributed by atoms with van der Waals surface area (Å²) in [7, 11) is 1.92. The molecular formula is C19H22Cl2N3O2+. The van der Waals surface area contributed by atoms with Gasteiger partial charge in [-0.25, -0.2) is 0 Å². The molecule has 5 nitrogen and oxygen atoms in total. The van der Waals surface area contributed by atoms with Crippen LogP contribution in [-0.4, -0.2) is 32.0 Å². The number of benzene rings is 2. The standard InChI is InChI=1S/C19H21Cl2N3O2/c1-3-22-19(26)14-5-4-6-15(10-14)23-18(25)12-24(2)11-13-7-8-16(20)17(21)9-13/h4-10H,3,11-12H2,1-2H3,(H,22,26)(H,23,25)/p+1. The van der Waals surface area contributed by atoms with Crippen molar-refractivity contribution in [3.05, 3.63) is 63.6 Å². The van der Waals surface area contributed by atoms with Gasteiger partial charge in [-0.2, -0.15) is 0 Å². The topological polar surface area (TPSA) is 62.6 Å². The van der Waals surface area contributed by atoms with Gasteiger partial charge < -0.3 is 15.5 Å². The maximum absolute atomic E-state index is 12.3. The Balaban J connectivity index is 1.92. The van der Waals surface area contributed by atoms with Crippen LogP contribution in [0.25, 0.3) is 0 Å². The third-order valence-electron chi connectivity index (χ3n) is 3.70. The molecule has 0 fully saturated rings. The smallest absolute Gasteiger partial charge is 0.279 e. The van der Waals surface area contributed by atoms with E-state index in [-0.39, 0.29) is 18.4 Å². The third kappa shape index (κ3) is 6.02. The minimum Gasteiger partial charge on any atom is -0.352 e. The van der Waals surface area contributed by atoms with E-state index >= 15 is 0 Å². The first-order chi connectivity index (χ1) is 12.4. The fraction of sp³-hybridized carbons (Fsp3) is 0.263. The van der Waals surface area contributed by atoms with Crippen LogP contribution in [0, 0.1) is 0 Å². The quantitative estimate of drug-likeness (QED) is 0.674. The van der Waals surface area contributed by atoms with Crippen molar-refractivity contribution in [1.29, 1.82) is 0 Å². The van der Waals surface area contributed by atoms with Gasteiger partial charge in [-0.3, -0.25) is 9.59 Å². The zero-order valence-electron chi connectivity index (χ0n) is 14.7. The predicted molar refractivity (Wildman–Crippen MR) is 105 cm³/mol. The molecule has 1 atom stereocenters. The number of likely N-dealkylation sites (N-methyl/N-ethyl adjacent to an activating group) is 1. The van der Waals surface area contributed by atoms with Gasteiger partial charge in [0.25, 0.3) is 11.8 Å². The largest absolute Gasteiger partial charge is 0.352 e. The molecule has 0 saturated heterocycles. The summed E-state index contributed by atoms with van der Waals surface area (Å²) in [5.41, 5.74) is 2.12. The third-order valence-corrected chi connectivity index (χ3v) is 4.44. The zero-order valence-corrected chi connectivity index (χ0v) is 16.2. The minimum atomic E-state index is -0.161. The fourth-order valence-electron chi connectivity index (χ4n) is 2.54. The molecule has 2 aromatic carbocycles. The highest BCUT2D eigenvalue weighted by Crippen LogP contribution is 2.22. The number of rotatable bonds is 7. The van der Waals surface area contributed by atoms with Crippen molar-refractivity contribution in [3.63, 3.8) is 0 Å². The van der Waals surface area contributed by atoms with Crippen molar-refractivity contribution in [3.8, 4) is 0 Å². The molecule has 0 aliphatic rings. The second-order valence-corrected chi connectivity index (χ2v) is 6.86. The van der Waals surface area contributed by atoms with Crippen LogP contribution in [0.1, 0.15) is 22.8 Å². The van der Waals surface area contributed by atoms with Gasteiger partial charge in [-0.1, -0.05) is 35.3 Å². The Labute approximate surface area is 163 Å². The molecule has 2 amide bonds. The summed E-state index contributed by atoms with van der Waals surface area (Å²) < 4.78 is 0. The van der Waals surface area contributed by atoms with E-state index in [9.17, 15) is 9.59 Å². The number of halogens is 2. The first-order valence-corrected chi connectivity index (χ1v) is 9.08. The van der Waals surface area contributed by atoms with Crippen LogP contribution in [0.3, 0.4) is 0 Å². The normalized spacial score (nSPS) is 11.7. The van der Waals surface area contributed by atoms with Gasteiger partial charge in [0.15, 0.2) is 6.54 Å². The number of quaternary nitrogens is 1. The highest BCUT2D eigenvalue weighted by molar-refractivity contribution is 6.42. The van der Waals surface area contributed by atoms with E-state index in [4.69, 9.17) is 23.2 Å². The summed E-state index contributed by atoms with van der Waals surface area (Å²) in [6, 6.07) is 12.3. The summed E-state index contributed by atoms with van der Waals surface area (Å²) >= 11 is 11.9. The lowest BCUT2D eigenvalue weighted by molar-refractivity contribution is -0.885. The van der Waals surface area contributed by atoms with Gasteiger partial charge >= 0.3 is 0 Å². The van der Waals surface area contributed by atoms with Gasteiger partial charge in [-0.15, -0.1) is 0 Å².